The molecule has 112 valence electrons. The number of hydrogen-bond acceptors (Lipinski definition) is 3. The van der Waals surface area contributed by atoms with E-state index in [-0.39, 0.29) is 36.7 Å². The Bertz CT molecular complexity index is 441. The van der Waals surface area contributed by atoms with Gasteiger partial charge in [0, 0.05) is 36.2 Å². The van der Waals surface area contributed by atoms with Crippen LogP contribution in [0.15, 0.2) is 22.7 Å². The van der Waals surface area contributed by atoms with Crippen molar-refractivity contribution in [2.45, 2.75) is 12.5 Å². The highest BCUT2D eigenvalue weighted by atomic mass is 79.9. The van der Waals surface area contributed by atoms with Gasteiger partial charge in [-0.1, -0.05) is 22.0 Å². The number of piperazine rings is 1. The van der Waals surface area contributed by atoms with Gasteiger partial charge in [-0.25, -0.2) is 4.39 Å². The third-order valence-electron chi connectivity index (χ3n) is 3.21. The fourth-order valence-corrected chi connectivity index (χ4v) is 2.93. The molecular weight excluding hydrogens is 368 g/mol. The summed E-state index contributed by atoms with van der Waals surface area (Å²) in [5.41, 5.74) is 0.598. The van der Waals surface area contributed by atoms with Crippen LogP contribution in [0.1, 0.15) is 18.0 Å². The van der Waals surface area contributed by atoms with Gasteiger partial charge in [0.15, 0.2) is 0 Å². The van der Waals surface area contributed by atoms with Crippen LogP contribution in [0.25, 0.3) is 0 Å². The van der Waals surface area contributed by atoms with Crippen LogP contribution in [0.3, 0.4) is 0 Å². The highest BCUT2D eigenvalue weighted by Crippen LogP contribution is 2.32. The van der Waals surface area contributed by atoms with E-state index in [4.69, 9.17) is 5.26 Å². The van der Waals surface area contributed by atoms with E-state index in [2.05, 4.69) is 32.2 Å². The lowest BCUT2D eigenvalue weighted by atomic mass is 10.0. The average molecular weight is 385 g/mol. The Hall–Kier alpha value is -0.380. The molecule has 1 saturated heterocycles. The van der Waals surface area contributed by atoms with E-state index in [0.29, 0.717) is 12.0 Å². The van der Waals surface area contributed by atoms with E-state index in [0.717, 1.165) is 30.7 Å². The summed E-state index contributed by atoms with van der Waals surface area (Å²) >= 11 is 3.39. The molecule has 3 nitrogen and oxygen atoms in total. The second-order valence-electron chi connectivity index (χ2n) is 4.30. The Balaban J connectivity index is 0.00000180. The molecule has 0 spiro atoms. The van der Waals surface area contributed by atoms with Gasteiger partial charge < -0.3 is 5.32 Å². The lowest BCUT2D eigenvalue weighted by molar-refractivity contribution is 0.172. The van der Waals surface area contributed by atoms with Crippen LogP contribution in [0.2, 0.25) is 0 Å². The number of halogens is 4. The van der Waals surface area contributed by atoms with E-state index in [1.165, 1.54) is 6.07 Å². The summed E-state index contributed by atoms with van der Waals surface area (Å²) in [6.07, 6.45) is 0.305. The van der Waals surface area contributed by atoms with Crippen molar-refractivity contribution in [3.8, 4) is 6.07 Å². The predicted octanol–water partition coefficient (Wildman–Crippen LogP) is 3.29. The topological polar surface area (TPSA) is 39.1 Å². The first-order chi connectivity index (χ1) is 8.74. The molecule has 1 aliphatic heterocycles. The van der Waals surface area contributed by atoms with Gasteiger partial charge in [0.2, 0.25) is 0 Å². The molecule has 0 radical (unpaired) electrons. The minimum atomic E-state index is -0.247. The van der Waals surface area contributed by atoms with Crippen molar-refractivity contribution < 1.29 is 4.39 Å². The number of nitriles is 1. The van der Waals surface area contributed by atoms with Crippen LogP contribution >= 0.6 is 40.7 Å². The summed E-state index contributed by atoms with van der Waals surface area (Å²) in [7, 11) is 0. The van der Waals surface area contributed by atoms with Gasteiger partial charge in [-0.15, -0.1) is 24.8 Å². The maximum absolute atomic E-state index is 14.0. The first-order valence-electron chi connectivity index (χ1n) is 5.99. The highest BCUT2D eigenvalue weighted by Gasteiger charge is 2.26. The van der Waals surface area contributed by atoms with Gasteiger partial charge in [0.25, 0.3) is 0 Å². The number of nitrogens with one attached hydrogen (secondary N) is 1. The average Bonchev–Trinajstić information content (AvgIpc) is 2.38. The monoisotopic (exact) mass is 383 g/mol. The summed E-state index contributed by atoms with van der Waals surface area (Å²) in [6.45, 7) is 3.45. The van der Waals surface area contributed by atoms with Crippen LogP contribution < -0.4 is 5.32 Å². The van der Waals surface area contributed by atoms with Crippen molar-refractivity contribution in [2.24, 2.45) is 0 Å². The quantitative estimate of drug-likeness (QED) is 0.868. The summed E-state index contributed by atoms with van der Waals surface area (Å²) in [5, 5.41) is 12.2. The largest absolute Gasteiger partial charge is 0.314 e. The minimum Gasteiger partial charge on any atom is -0.314 e. The van der Waals surface area contributed by atoms with Gasteiger partial charge in [-0.05, 0) is 12.1 Å². The summed E-state index contributed by atoms with van der Waals surface area (Å²) in [4.78, 5) is 2.17. The Morgan fingerprint density at radius 3 is 2.55 bits per heavy atom. The maximum atomic E-state index is 14.0. The van der Waals surface area contributed by atoms with Crippen LogP contribution in [0.5, 0.6) is 0 Å². The molecule has 0 saturated carbocycles. The molecule has 0 unspecified atom stereocenters. The van der Waals surface area contributed by atoms with Gasteiger partial charge in [0.05, 0.1) is 18.5 Å². The molecule has 0 bridgehead atoms. The van der Waals surface area contributed by atoms with E-state index >= 15 is 0 Å². The van der Waals surface area contributed by atoms with Crippen molar-refractivity contribution in [1.29, 1.82) is 5.26 Å². The van der Waals surface area contributed by atoms with Crippen LogP contribution in [-0.2, 0) is 0 Å². The number of nitrogens with zero attached hydrogens (tertiary/aromatic N) is 2. The molecule has 1 atom stereocenters. The summed E-state index contributed by atoms with van der Waals surface area (Å²) in [5.74, 6) is -0.247. The zero-order valence-electron chi connectivity index (χ0n) is 10.8. The molecule has 0 amide bonds. The predicted molar refractivity (Wildman–Crippen MR) is 86.0 cm³/mol. The normalized spacial score (nSPS) is 16.4. The second kappa shape index (κ2) is 9.54. The van der Waals surface area contributed by atoms with Crippen molar-refractivity contribution in [3.63, 3.8) is 0 Å². The number of rotatable bonds is 3. The van der Waals surface area contributed by atoms with Crippen LogP contribution in [0.4, 0.5) is 4.39 Å². The zero-order valence-corrected chi connectivity index (χ0v) is 14.0. The zero-order chi connectivity index (χ0) is 13.0. The maximum Gasteiger partial charge on any atom is 0.129 e. The molecule has 1 aromatic carbocycles. The van der Waals surface area contributed by atoms with Crippen molar-refractivity contribution in [3.05, 3.63) is 34.1 Å². The molecule has 0 aliphatic carbocycles. The number of hydrogen-bond donors (Lipinski definition) is 1. The molecule has 1 aliphatic rings. The molecule has 1 fully saturated rings. The van der Waals surface area contributed by atoms with Crippen molar-refractivity contribution in [2.75, 3.05) is 26.2 Å². The van der Waals surface area contributed by atoms with E-state index in [9.17, 15) is 4.39 Å². The molecule has 2 rings (SSSR count). The fraction of sp³-hybridized carbons (Fsp3) is 0.462. The summed E-state index contributed by atoms with van der Waals surface area (Å²) in [6, 6.07) is 6.94. The van der Waals surface area contributed by atoms with Gasteiger partial charge in [-0.3, -0.25) is 4.90 Å². The molecular formula is C13H17BrCl2FN3. The standard InChI is InChI=1S/C13H15BrFN3.2ClH/c14-10-2-1-3-11(15)13(10)12(4-5-16)18-8-6-17-7-9-18;;/h1-3,12,17H,4,6-9H2;2*1H/t12-;;/m1../s1. The first-order valence-corrected chi connectivity index (χ1v) is 6.79. The smallest absolute Gasteiger partial charge is 0.129 e. The van der Waals surface area contributed by atoms with E-state index in [1.807, 2.05) is 6.07 Å². The third kappa shape index (κ3) is 4.57. The van der Waals surface area contributed by atoms with Gasteiger partial charge in [-0.2, -0.15) is 5.26 Å². The SMILES string of the molecule is Cl.Cl.N#CC[C@H](c1c(F)cccc1Br)N1CCNCC1. The summed E-state index contributed by atoms with van der Waals surface area (Å²) < 4.78 is 14.7. The lowest BCUT2D eigenvalue weighted by Crippen LogP contribution is -2.45. The molecule has 0 aromatic heterocycles. The Morgan fingerprint density at radius 1 is 1.35 bits per heavy atom. The van der Waals surface area contributed by atoms with Crippen LogP contribution in [-0.4, -0.2) is 31.1 Å². The van der Waals surface area contributed by atoms with Crippen LogP contribution in [0, 0.1) is 17.1 Å². The molecule has 20 heavy (non-hydrogen) atoms. The third-order valence-corrected chi connectivity index (χ3v) is 3.90. The number of benzene rings is 1. The van der Waals surface area contributed by atoms with E-state index in [1.54, 1.807) is 6.07 Å². The van der Waals surface area contributed by atoms with Crippen molar-refractivity contribution >= 4 is 40.7 Å². The molecule has 1 N–H and O–H groups in total. The Morgan fingerprint density at radius 2 is 2.00 bits per heavy atom. The van der Waals surface area contributed by atoms with Gasteiger partial charge in [0.1, 0.15) is 5.82 Å². The fourth-order valence-electron chi connectivity index (χ4n) is 2.32. The van der Waals surface area contributed by atoms with Gasteiger partial charge >= 0.3 is 0 Å². The van der Waals surface area contributed by atoms with E-state index < -0.39 is 0 Å². The Kier molecular flexibility index (Phi) is 9.36. The van der Waals surface area contributed by atoms with Crippen molar-refractivity contribution in [1.82, 2.24) is 10.2 Å². The molecule has 7 heteroatoms. The molecule has 1 aromatic rings. The highest BCUT2D eigenvalue weighted by molar-refractivity contribution is 9.10. The minimum absolute atomic E-state index is 0. The first kappa shape index (κ1) is 19.6. The Labute approximate surface area is 139 Å². The lowest BCUT2D eigenvalue weighted by Gasteiger charge is -2.34. The molecule has 1 heterocycles. The second-order valence-corrected chi connectivity index (χ2v) is 5.15.